The van der Waals surface area contributed by atoms with Crippen LogP contribution in [0.4, 0.5) is 4.39 Å². The van der Waals surface area contributed by atoms with Crippen molar-refractivity contribution in [1.82, 2.24) is 10.6 Å². The minimum Gasteiger partial charge on any atom is -0.339 e. The SMILES string of the molecule is N#CC(Cc1cc2c(cc1F)C1C=CC=CC1=NC2=O)NC(=O)[C@H]1N[C@@H]2CC[C@H]1C2. The molecule has 2 N–H and O–H groups in total. The summed E-state index contributed by atoms with van der Waals surface area (Å²) >= 11 is 0. The zero-order valence-electron chi connectivity index (χ0n) is 16.3. The summed E-state index contributed by atoms with van der Waals surface area (Å²) in [5.41, 5.74) is 1.75. The Morgan fingerprint density at radius 1 is 1.37 bits per heavy atom. The van der Waals surface area contributed by atoms with E-state index in [0.717, 1.165) is 19.3 Å². The molecule has 1 aromatic rings. The standard InChI is InChI=1S/C23H21FN4O2/c24-19-10-17-16-3-1-2-4-20(16)28-22(29)18(17)9-13(19)8-15(11-25)27-23(30)21-12-5-6-14(7-12)26-21/h1-4,9-10,12,14-16,21,26H,5-8H2,(H,27,30)/t12-,14+,15?,16?,21-/m0/s1. The van der Waals surface area contributed by atoms with Gasteiger partial charge in [-0.15, -0.1) is 0 Å². The number of rotatable bonds is 4. The lowest BCUT2D eigenvalue weighted by atomic mass is 9.83. The van der Waals surface area contributed by atoms with E-state index in [-0.39, 0.29) is 29.9 Å². The van der Waals surface area contributed by atoms with Crippen molar-refractivity contribution in [2.24, 2.45) is 10.9 Å². The van der Waals surface area contributed by atoms with Crippen LogP contribution in [0.25, 0.3) is 0 Å². The van der Waals surface area contributed by atoms with Crippen LogP contribution in [0.15, 0.2) is 41.4 Å². The molecule has 1 saturated heterocycles. The van der Waals surface area contributed by atoms with Gasteiger partial charge in [0.15, 0.2) is 0 Å². The smallest absolute Gasteiger partial charge is 0.277 e. The lowest BCUT2D eigenvalue weighted by molar-refractivity contribution is -0.124. The molecule has 30 heavy (non-hydrogen) atoms. The summed E-state index contributed by atoms with van der Waals surface area (Å²) < 4.78 is 14.9. The minimum atomic E-state index is -0.874. The van der Waals surface area contributed by atoms with Crippen LogP contribution in [0, 0.1) is 23.1 Å². The topological polar surface area (TPSA) is 94.3 Å². The second-order valence-electron chi connectivity index (χ2n) is 8.40. The van der Waals surface area contributed by atoms with Crippen LogP contribution in [0.5, 0.6) is 0 Å². The van der Waals surface area contributed by atoms with Gasteiger partial charge >= 0.3 is 0 Å². The van der Waals surface area contributed by atoms with Gasteiger partial charge in [0.25, 0.3) is 5.91 Å². The van der Waals surface area contributed by atoms with E-state index in [2.05, 4.69) is 21.7 Å². The Kier molecular flexibility index (Phi) is 4.59. The second kappa shape index (κ2) is 7.29. The summed E-state index contributed by atoms with van der Waals surface area (Å²) in [5, 5.41) is 15.6. The van der Waals surface area contributed by atoms with E-state index < -0.39 is 17.8 Å². The third-order valence-electron chi connectivity index (χ3n) is 6.55. The van der Waals surface area contributed by atoms with E-state index in [1.54, 1.807) is 12.2 Å². The van der Waals surface area contributed by atoms with Crippen LogP contribution >= 0.6 is 0 Å². The number of allylic oxidation sites excluding steroid dienone is 4. The number of aliphatic imine (C=N–C) groups is 1. The highest BCUT2D eigenvalue weighted by Crippen LogP contribution is 2.35. The first-order valence-electron chi connectivity index (χ1n) is 10.3. The highest BCUT2D eigenvalue weighted by Gasteiger charge is 2.43. The molecule has 0 radical (unpaired) electrons. The van der Waals surface area contributed by atoms with E-state index in [4.69, 9.17) is 0 Å². The molecule has 7 heteroatoms. The number of carbonyl (C=O) groups is 2. The summed E-state index contributed by atoms with van der Waals surface area (Å²) in [6, 6.07) is 4.11. The van der Waals surface area contributed by atoms with Gasteiger partial charge in [-0.2, -0.15) is 5.26 Å². The molecule has 152 valence electrons. The Balaban J connectivity index is 1.35. The van der Waals surface area contributed by atoms with Crippen molar-refractivity contribution in [3.63, 3.8) is 0 Å². The van der Waals surface area contributed by atoms with Gasteiger partial charge in [0.1, 0.15) is 11.9 Å². The maximum atomic E-state index is 14.9. The molecule has 2 amide bonds. The molecule has 2 aliphatic heterocycles. The molecule has 5 rings (SSSR count). The molecule has 5 atom stereocenters. The van der Waals surface area contributed by atoms with E-state index in [1.165, 1.54) is 12.1 Å². The van der Waals surface area contributed by atoms with Crippen LogP contribution < -0.4 is 10.6 Å². The van der Waals surface area contributed by atoms with Gasteiger partial charge in [0.2, 0.25) is 5.91 Å². The summed E-state index contributed by atoms with van der Waals surface area (Å²) in [7, 11) is 0. The highest BCUT2D eigenvalue weighted by atomic mass is 19.1. The van der Waals surface area contributed by atoms with Crippen LogP contribution in [-0.4, -0.2) is 35.7 Å². The number of nitrogens with zero attached hydrogens (tertiary/aromatic N) is 2. The summed E-state index contributed by atoms with van der Waals surface area (Å²) in [4.78, 5) is 29.2. The number of fused-ring (bicyclic) bond motifs is 5. The highest BCUT2D eigenvalue weighted by molar-refractivity contribution is 6.16. The maximum absolute atomic E-state index is 14.9. The molecule has 4 aliphatic rings. The van der Waals surface area contributed by atoms with Crippen LogP contribution in [0.2, 0.25) is 0 Å². The third-order valence-corrected chi connectivity index (χ3v) is 6.55. The van der Waals surface area contributed by atoms with Gasteiger partial charge in [-0.1, -0.05) is 18.2 Å². The number of benzene rings is 1. The lowest BCUT2D eigenvalue weighted by Gasteiger charge is -2.25. The predicted octanol–water partition coefficient (Wildman–Crippen LogP) is 2.32. The van der Waals surface area contributed by atoms with Gasteiger partial charge in [-0.25, -0.2) is 9.38 Å². The molecular formula is C23H21FN4O2. The average Bonchev–Trinajstić information content (AvgIpc) is 3.38. The summed E-state index contributed by atoms with van der Waals surface area (Å²) in [6.45, 7) is 0. The minimum absolute atomic E-state index is 0.00751. The Bertz CT molecular complexity index is 1070. The number of halogens is 1. The number of nitriles is 1. The number of carbonyl (C=O) groups excluding carboxylic acids is 2. The Morgan fingerprint density at radius 2 is 2.23 bits per heavy atom. The van der Waals surface area contributed by atoms with Crippen molar-refractivity contribution in [1.29, 1.82) is 5.26 Å². The van der Waals surface area contributed by atoms with Crippen molar-refractivity contribution in [2.75, 3.05) is 0 Å². The predicted molar refractivity (Wildman–Crippen MR) is 108 cm³/mol. The first kappa shape index (κ1) is 18.9. The molecular weight excluding hydrogens is 383 g/mol. The Labute approximate surface area is 173 Å². The monoisotopic (exact) mass is 404 g/mol. The number of hydrogen-bond acceptors (Lipinski definition) is 4. The van der Waals surface area contributed by atoms with Crippen molar-refractivity contribution in [3.8, 4) is 6.07 Å². The van der Waals surface area contributed by atoms with Gasteiger partial charge in [-0.3, -0.25) is 9.59 Å². The van der Waals surface area contributed by atoms with Crippen LogP contribution in [-0.2, 0) is 11.2 Å². The lowest BCUT2D eigenvalue weighted by Crippen LogP contribution is -2.50. The molecule has 1 aromatic carbocycles. The number of nitrogens with one attached hydrogen (secondary N) is 2. The fourth-order valence-electron chi connectivity index (χ4n) is 5.07. The zero-order chi connectivity index (χ0) is 20.8. The van der Waals surface area contributed by atoms with Crippen molar-refractivity contribution in [3.05, 3.63) is 58.9 Å². The van der Waals surface area contributed by atoms with E-state index >= 15 is 0 Å². The first-order chi connectivity index (χ1) is 14.5. The fourth-order valence-corrected chi connectivity index (χ4v) is 5.07. The van der Waals surface area contributed by atoms with E-state index in [1.807, 2.05) is 12.2 Å². The quantitative estimate of drug-likeness (QED) is 0.805. The molecule has 2 unspecified atom stereocenters. The Morgan fingerprint density at radius 3 is 2.97 bits per heavy atom. The molecule has 6 nitrogen and oxygen atoms in total. The third kappa shape index (κ3) is 3.17. The normalized spacial score (nSPS) is 29.1. The molecule has 2 aliphatic carbocycles. The van der Waals surface area contributed by atoms with Gasteiger partial charge in [0, 0.05) is 23.9 Å². The number of piperidine rings is 1. The molecule has 0 aromatic heterocycles. The van der Waals surface area contributed by atoms with Crippen LogP contribution in [0.1, 0.15) is 46.7 Å². The largest absolute Gasteiger partial charge is 0.339 e. The van der Waals surface area contributed by atoms with Gasteiger partial charge in [0.05, 0.1) is 17.8 Å². The first-order valence-corrected chi connectivity index (χ1v) is 10.3. The molecule has 0 spiro atoms. The molecule has 2 fully saturated rings. The van der Waals surface area contributed by atoms with Gasteiger partial charge in [-0.05, 0) is 54.5 Å². The zero-order valence-corrected chi connectivity index (χ0v) is 16.3. The molecule has 2 heterocycles. The molecule has 2 bridgehead atoms. The summed E-state index contributed by atoms with van der Waals surface area (Å²) in [6.07, 6.45) is 10.4. The van der Waals surface area contributed by atoms with E-state index in [9.17, 15) is 19.2 Å². The summed E-state index contributed by atoms with van der Waals surface area (Å²) in [5.74, 6) is -1.06. The van der Waals surface area contributed by atoms with Gasteiger partial charge < -0.3 is 10.6 Å². The Hall–Kier alpha value is -3.11. The van der Waals surface area contributed by atoms with E-state index in [0.29, 0.717) is 28.8 Å². The number of hydrogen-bond donors (Lipinski definition) is 2. The van der Waals surface area contributed by atoms with Crippen molar-refractivity contribution in [2.45, 2.75) is 49.7 Å². The second-order valence-corrected chi connectivity index (χ2v) is 8.40. The average molecular weight is 404 g/mol. The fraction of sp³-hybridized carbons (Fsp3) is 0.391. The van der Waals surface area contributed by atoms with Crippen molar-refractivity contribution >= 4 is 17.5 Å². The van der Waals surface area contributed by atoms with Crippen molar-refractivity contribution < 1.29 is 14.0 Å². The molecule has 1 saturated carbocycles. The van der Waals surface area contributed by atoms with Crippen LogP contribution in [0.3, 0.4) is 0 Å². The maximum Gasteiger partial charge on any atom is 0.277 e. The number of amides is 2.